The van der Waals surface area contributed by atoms with E-state index in [0.717, 1.165) is 6.07 Å². The predicted octanol–water partition coefficient (Wildman–Crippen LogP) is 2.90. The summed E-state index contributed by atoms with van der Waals surface area (Å²) in [6, 6.07) is 3.94. The summed E-state index contributed by atoms with van der Waals surface area (Å²) in [5.41, 5.74) is 4.77. The van der Waals surface area contributed by atoms with E-state index in [1.54, 1.807) is 0 Å². The van der Waals surface area contributed by atoms with Crippen LogP contribution in [0.5, 0.6) is 0 Å². The molecular formula is C12H15F5N2. The zero-order valence-electron chi connectivity index (χ0n) is 10.3. The molecule has 1 aromatic carbocycles. The van der Waals surface area contributed by atoms with E-state index < -0.39 is 30.8 Å². The Kier molecular flexibility index (Phi) is 5.25. The molecule has 0 bridgehead atoms. The molecule has 0 saturated carbocycles. The first kappa shape index (κ1) is 15.8. The standard InChI is InChI=1S/C12H15F5N2/c1-19(7-11(13)14)6-10(18)8-4-2-3-5-9(8)12(15,16)17/h2-5,10-11H,6-7,18H2,1H3. The number of likely N-dealkylation sites (N-methyl/N-ethyl adjacent to an activating group) is 1. The number of benzene rings is 1. The summed E-state index contributed by atoms with van der Waals surface area (Å²) in [7, 11) is 1.39. The van der Waals surface area contributed by atoms with Gasteiger partial charge in [-0.3, -0.25) is 4.90 Å². The maximum absolute atomic E-state index is 12.8. The van der Waals surface area contributed by atoms with Crippen LogP contribution in [0.3, 0.4) is 0 Å². The first-order valence-corrected chi connectivity index (χ1v) is 5.60. The van der Waals surface area contributed by atoms with Crippen molar-refractivity contribution in [1.82, 2.24) is 4.90 Å². The minimum Gasteiger partial charge on any atom is -0.323 e. The molecule has 1 rings (SSSR count). The lowest BCUT2D eigenvalue weighted by Gasteiger charge is -2.23. The summed E-state index contributed by atoms with van der Waals surface area (Å²) in [6.07, 6.45) is -7.05. The SMILES string of the molecule is CN(CC(F)F)CC(N)c1ccccc1C(F)(F)F. The minimum absolute atomic E-state index is 0.0720. The van der Waals surface area contributed by atoms with Crippen LogP contribution >= 0.6 is 0 Å². The fourth-order valence-corrected chi connectivity index (χ4v) is 1.82. The van der Waals surface area contributed by atoms with Crippen molar-refractivity contribution in [2.24, 2.45) is 5.73 Å². The van der Waals surface area contributed by atoms with E-state index in [1.165, 1.54) is 30.1 Å². The van der Waals surface area contributed by atoms with Crippen molar-refractivity contribution >= 4 is 0 Å². The lowest BCUT2D eigenvalue weighted by atomic mass is 10.00. The Bertz CT molecular complexity index is 405. The van der Waals surface area contributed by atoms with Crippen molar-refractivity contribution in [2.45, 2.75) is 18.6 Å². The van der Waals surface area contributed by atoms with Gasteiger partial charge in [-0.2, -0.15) is 13.2 Å². The van der Waals surface area contributed by atoms with Crippen LogP contribution in [0.15, 0.2) is 24.3 Å². The van der Waals surface area contributed by atoms with Gasteiger partial charge >= 0.3 is 6.18 Å². The van der Waals surface area contributed by atoms with Crippen LogP contribution in [0.1, 0.15) is 17.2 Å². The largest absolute Gasteiger partial charge is 0.416 e. The van der Waals surface area contributed by atoms with E-state index in [9.17, 15) is 22.0 Å². The molecule has 0 aliphatic rings. The molecule has 0 aliphatic carbocycles. The third kappa shape index (κ3) is 4.76. The molecule has 0 fully saturated rings. The average Bonchev–Trinajstić information content (AvgIpc) is 2.26. The Labute approximate surface area is 108 Å². The molecule has 0 spiro atoms. The van der Waals surface area contributed by atoms with Crippen LogP contribution < -0.4 is 5.73 Å². The second-order valence-electron chi connectivity index (χ2n) is 4.30. The fourth-order valence-electron chi connectivity index (χ4n) is 1.82. The number of rotatable bonds is 5. The highest BCUT2D eigenvalue weighted by Gasteiger charge is 2.34. The first-order chi connectivity index (χ1) is 8.71. The molecule has 0 aliphatic heterocycles. The van der Waals surface area contributed by atoms with Gasteiger partial charge in [0.2, 0.25) is 0 Å². The fraction of sp³-hybridized carbons (Fsp3) is 0.500. The van der Waals surface area contributed by atoms with Crippen molar-refractivity contribution in [3.8, 4) is 0 Å². The zero-order chi connectivity index (χ0) is 14.6. The van der Waals surface area contributed by atoms with E-state index >= 15 is 0 Å². The molecule has 108 valence electrons. The van der Waals surface area contributed by atoms with Crippen molar-refractivity contribution in [3.63, 3.8) is 0 Å². The summed E-state index contributed by atoms with van der Waals surface area (Å²) in [5, 5.41) is 0. The van der Waals surface area contributed by atoms with Gasteiger partial charge in [0.15, 0.2) is 0 Å². The average molecular weight is 282 g/mol. The number of nitrogens with two attached hydrogens (primary N) is 1. The predicted molar refractivity (Wildman–Crippen MR) is 61.9 cm³/mol. The van der Waals surface area contributed by atoms with E-state index in [4.69, 9.17) is 5.73 Å². The Morgan fingerprint density at radius 2 is 1.74 bits per heavy atom. The minimum atomic E-state index is -4.50. The van der Waals surface area contributed by atoms with Gasteiger partial charge < -0.3 is 5.73 Å². The second kappa shape index (κ2) is 6.29. The molecule has 0 radical (unpaired) electrons. The molecule has 0 saturated heterocycles. The highest BCUT2D eigenvalue weighted by molar-refractivity contribution is 5.32. The van der Waals surface area contributed by atoms with Gasteiger partial charge in [0.05, 0.1) is 12.1 Å². The maximum atomic E-state index is 12.8. The van der Waals surface area contributed by atoms with Crippen molar-refractivity contribution in [1.29, 1.82) is 0 Å². The number of halogens is 5. The van der Waals surface area contributed by atoms with Crippen molar-refractivity contribution in [3.05, 3.63) is 35.4 Å². The highest BCUT2D eigenvalue weighted by Crippen LogP contribution is 2.34. The second-order valence-corrected chi connectivity index (χ2v) is 4.30. The summed E-state index contributed by atoms with van der Waals surface area (Å²) < 4.78 is 62.6. The lowest BCUT2D eigenvalue weighted by Crippen LogP contribution is -2.33. The number of hydrogen-bond donors (Lipinski definition) is 1. The highest BCUT2D eigenvalue weighted by atomic mass is 19.4. The van der Waals surface area contributed by atoms with Crippen LogP contribution in [0.2, 0.25) is 0 Å². The van der Waals surface area contributed by atoms with Crippen LogP contribution in [-0.4, -0.2) is 31.5 Å². The molecular weight excluding hydrogens is 267 g/mol. The summed E-state index contributed by atoms with van der Waals surface area (Å²) in [5.74, 6) is 0. The van der Waals surface area contributed by atoms with Gasteiger partial charge in [0.25, 0.3) is 6.43 Å². The summed E-state index contributed by atoms with van der Waals surface area (Å²) in [4.78, 5) is 1.21. The monoisotopic (exact) mass is 282 g/mol. The Morgan fingerprint density at radius 3 is 2.26 bits per heavy atom. The van der Waals surface area contributed by atoms with Gasteiger partial charge in [0.1, 0.15) is 0 Å². The third-order valence-corrected chi connectivity index (χ3v) is 2.62. The number of hydrogen-bond acceptors (Lipinski definition) is 2. The molecule has 0 aromatic heterocycles. The number of alkyl halides is 5. The normalized spacial score (nSPS) is 14.2. The van der Waals surface area contributed by atoms with Gasteiger partial charge in [0, 0.05) is 12.6 Å². The first-order valence-electron chi connectivity index (χ1n) is 5.60. The summed E-state index contributed by atoms with van der Waals surface area (Å²) in [6.45, 7) is -0.598. The Morgan fingerprint density at radius 1 is 1.16 bits per heavy atom. The van der Waals surface area contributed by atoms with E-state index in [2.05, 4.69) is 0 Å². The van der Waals surface area contributed by atoms with Crippen molar-refractivity contribution < 1.29 is 22.0 Å². The van der Waals surface area contributed by atoms with E-state index in [-0.39, 0.29) is 12.1 Å². The topological polar surface area (TPSA) is 29.3 Å². The molecule has 0 amide bonds. The summed E-state index contributed by atoms with van der Waals surface area (Å²) >= 11 is 0. The Balaban J connectivity index is 2.85. The maximum Gasteiger partial charge on any atom is 0.416 e. The molecule has 19 heavy (non-hydrogen) atoms. The molecule has 1 atom stereocenters. The van der Waals surface area contributed by atoms with Crippen LogP contribution in [-0.2, 0) is 6.18 Å². The van der Waals surface area contributed by atoms with Crippen LogP contribution in [0.25, 0.3) is 0 Å². The molecule has 1 aromatic rings. The van der Waals surface area contributed by atoms with Crippen LogP contribution in [0, 0.1) is 0 Å². The van der Waals surface area contributed by atoms with E-state index in [0.29, 0.717) is 0 Å². The molecule has 7 heteroatoms. The molecule has 2 N–H and O–H groups in total. The molecule has 0 heterocycles. The van der Waals surface area contributed by atoms with Gasteiger partial charge in [-0.05, 0) is 18.7 Å². The number of nitrogens with zero attached hydrogens (tertiary/aromatic N) is 1. The smallest absolute Gasteiger partial charge is 0.323 e. The molecule has 1 unspecified atom stereocenters. The lowest BCUT2D eigenvalue weighted by molar-refractivity contribution is -0.138. The quantitative estimate of drug-likeness (QED) is 0.841. The van der Waals surface area contributed by atoms with E-state index in [1.807, 2.05) is 0 Å². The van der Waals surface area contributed by atoms with Gasteiger partial charge in [-0.25, -0.2) is 8.78 Å². The Hall–Kier alpha value is -1.21. The molecule has 2 nitrogen and oxygen atoms in total. The third-order valence-electron chi connectivity index (χ3n) is 2.62. The van der Waals surface area contributed by atoms with Crippen LogP contribution in [0.4, 0.5) is 22.0 Å². The van der Waals surface area contributed by atoms with Gasteiger partial charge in [-0.1, -0.05) is 18.2 Å². The van der Waals surface area contributed by atoms with Gasteiger partial charge in [-0.15, -0.1) is 0 Å². The van der Waals surface area contributed by atoms with Crippen molar-refractivity contribution in [2.75, 3.05) is 20.1 Å². The zero-order valence-corrected chi connectivity index (χ0v) is 10.3.